The molecule has 1 aliphatic rings. The summed E-state index contributed by atoms with van der Waals surface area (Å²) in [5.74, 6) is 0.303. The highest BCUT2D eigenvalue weighted by Crippen LogP contribution is 2.34. The molecule has 2 N–H and O–H groups in total. The first-order chi connectivity index (χ1) is 15.6. The van der Waals surface area contributed by atoms with E-state index in [2.05, 4.69) is 15.6 Å². The number of hydrogen-bond acceptors (Lipinski definition) is 7. The largest absolute Gasteiger partial charge is 0.454 e. The maximum Gasteiger partial charge on any atom is 0.262 e. The minimum absolute atomic E-state index is 0.138. The summed E-state index contributed by atoms with van der Waals surface area (Å²) in [6, 6.07) is 13.4. The van der Waals surface area contributed by atoms with Crippen LogP contribution in [0.3, 0.4) is 0 Å². The number of hydrogen-bond donors (Lipinski definition) is 2. The standard InChI is InChI=1S/C22H16N4O5S/c27-19(10-26-11-23-21-15(22(26)29)7-8-32-21)25-16-4-2-1-3-14(16)20(28)24-13-5-6-17-18(9-13)31-12-30-17/h1-9,11H,10,12H2,(H,24,28)(H,25,27). The van der Waals surface area contributed by atoms with Crippen molar-refractivity contribution in [3.8, 4) is 11.5 Å². The molecule has 0 radical (unpaired) electrons. The van der Waals surface area contributed by atoms with Crippen molar-refractivity contribution in [1.29, 1.82) is 0 Å². The molecule has 0 saturated heterocycles. The maximum absolute atomic E-state index is 12.8. The molecule has 2 aromatic heterocycles. The number of para-hydroxylation sites is 1. The zero-order valence-electron chi connectivity index (χ0n) is 16.5. The van der Waals surface area contributed by atoms with E-state index in [1.54, 1.807) is 53.9 Å². The SMILES string of the molecule is O=C(Cn1cnc2sccc2c1=O)Nc1ccccc1C(=O)Nc1ccc2c(c1)OCO2. The first kappa shape index (κ1) is 19.8. The molecule has 1 aliphatic heterocycles. The Bertz CT molecular complexity index is 1410. The average Bonchev–Trinajstić information content (AvgIpc) is 3.45. The molecule has 4 aromatic rings. The molecule has 0 atom stereocenters. The predicted molar refractivity (Wildman–Crippen MR) is 119 cm³/mol. The number of thiophene rings is 1. The van der Waals surface area contributed by atoms with E-state index in [-0.39, 0.29) is 24.5 Å². The highest BCUT2D eigenvalue weighted by atomic mass is 32.1. The lowest BCUT2D eigenvalue weighted by atomic mass is 10.1. The van der Waals surface area contributed by atoms with Crippen molar-refractivity contribution < 1.29 is 19.1 Å². The van der Waals surface area contributed by atoms with E-state index < -0.39 is 11.8 Å². The molecule has 9 nitrogen and oxygen atoms in total. The summed E-state index contributed by atoms with van der Waals surface area (Å²) in [5.41, 5.74) is 0.841. The van der Waals surface area contributed by atoms with Crippen molar-refractivity contribution >= 4 is 44.7 Å². The van der Waals surface area contributed by atoms with E-state index in [9.17, 15) is 14.4 Å². The van der Waals surface area contributed by atoms with Crippen LogP contribution in [0.15, 0.2) is 65.0 Å². The fourth-order valence-corrected chi connectivity index (χ4v) is 4.04. The number of anilines is 2. The number of carbonyl (C=O) groups excluding carboxylic acids is 2. The second-order valence-corrected chi connectivity index (χ2v) is 7.83. The van der Waals surface area contributed by atoms with Gasteiger partial charge in [-0.05, 0) is 35.7 Å². The minimum atomic E-state index is -0.452. The lowest BCUT2D eigenvalue weighted by Gasteiger charge is -2.12. The number of nitrogens with zero attached hydrogens (tertiary/aromatic N) is 2. The van der Waals surface area contributed by atoms with Crippen molar-refractivity contribution in [2.75, 3.05) is 17.4 Å². The van der Waals surface area contributed by atoms with Crippen molar-refractivity contribution in [2.24, 2.45) is 0 Å². The van der Waals surface area contributed by atoms with Crippen LogP contribution in [0.5, 0.6) is 11.5 Å². The Morgan fingerprint density at radius 3 is 2.81 bits per heavy atom. The molecule has 10 heteroatoms. The van der Waals surface area contributed by atoms with Crippen LogP contribution in [0.4, 0.5) is 11.4 Å². The van der Waals surface area contributed by atoms with Crippen molar-refractivity contribution in [1.82, 2.24) is 9.55 Å². The van der Waals surface area contributed by atoms with Gasteiger partial charge in [0.2, 0.25) is 12.7 Å². The van der Waals surface area contributed by atoms with E-state index in [0.717, 1.165) is 0 Å². The Kier molecular flexibility index (Phi) is 5.04. The highest BCUT2D eigenvalue weighted by Gasteiger charge is 2.17. The molecule has 0 spiro atoms. The molecule has 2 amide bonds. The van der Waals surface area contributed by atoms with Gasteiger partial charge in [0.05, 0.1) is 23.0 Å². The van der Waals surface area contributed by atoms with Gasteiger partial charge in [-0.1, -0.05) is 12.1 Å². The van der Waals surface area contributed by atoms with E-state index in [1.807, 2.05) is 0 Å². The van der Waals surface area contributed by atoms with Crippen LogP contribution in [0.2, 0.25) is 0 Å². The molecule has 3 heterocycles. The lowest BCUT2D eigenvalue weighted by molar-refractivity contribution is -0.116. The molecule has 160 valence electrons. The Morgan fingerprint density at radius 1 is 1.06 bits per heavy atom. The van der Waals surface area contributed by atoms with Crippen LogP contribution in [0.25, 0.3) is 10.2 Å². The molecular formula is C22H16N4O5S. The fourth-order valence-electron chi connectivity index (χ4n) is 3.31. The summed E-state index contributed by atoms with van der Waals surface area (Å²) >= 11 is 1.36. The third-order valence-electron chi connectivity index (χ3n) is 4.84. The van der Waals surface area contributed by atoms with Gasteiger partial charge in [-0.25, -0.2) is 4.98 Å². The first-order valence-corrected chi connectivity index (χ1v) is 10.5. The topological polar surface area (TPSA) is 112 Å². The predicted octanol–water partition coefficient (Wildman–Crippen LogP) is 3.08. The molecule has 5 rings (SSSR count). The zero-order chi connectivity index (χ0) is 22.1. The van der Waals surface area contributed by atoms with Crippen molar-refractivity contribution in [2.45, 2.75) is 6.54 Å². The summed E-state index contributed by atoms with van der Waals surface area (Å²) in [4.78, 5) is 42.8. The van der Waals surface area contributed by atoms with E-state index in [1.165, 1.54) is 22.2 Å². The van der Waals surface area contributed by atoms with Crippen molar-refractivity contribution in [3.63, 3.8) is 0 Å². The molecule has 0 aliphatic carbocycles. The van der Waals surface area contributed by atoms with Crippen LogP contribution in [0.1, 0.15) is 10.4 Å². The molecule has 0 unspecified atom stereocenters. The van der Waals surface area contributed by atoms with Gasteiger partial charge < -0.3 is 20.1 Å². The number of benzene rings is 2. The maximum atomic E-state index is 12.8. The van der Waals surface area contributed by atoms with Gasteiger partial charge in [-0.15, -0.1) is 11.3 Å². The van der Waals surface area contributed by atoms with Gasteiger partial charge in [-0.3, -0.25) is 19.0 Å². The fraction of sp³-hybridized carbons (Fsp3) is 0.0909. The number of aromatic nitrogens is 2. The number of rotatable bonds is 5. The zero-order valence-corrected chi connectivity index (χ0v) is 17.3. The summed E-state index contributed by atoms with van der Waals surface area (Å²) in [6.07, 6.45) is 1.35. The second kappa shape index (κ2) is 8.16. The smallest absolute Gasteiger partial charge is 0.262 e. The molecule has 0 bridgehead atoms. The van der Waals surface area contributed by atoms with Crippen molar-refractivity contribution in [3.05, 3.63) is 76.2 Å². The Balaban J connectivity index is 1.32. The van der Waals surface area contributed by atoms with Crippen LogP contribution < -0.4 is 25.7 Å². The minimum Gasteiger partial charge on any atom is -0.454 e. The third kappa shape index (κ3) is 3.79. The third-order valence-corrected chi connectivity index (χ3v) is 5.66. The summed E-state index contributed by atoms with van der Waals surface area (Å²) in [6.45, 7) is -0.0880. The molecule has 2 aromatic carbocycles. The molecule has 0 saturated carbocycles. The number of amides is 2. The van der Waals surface area contributed by atoms with E-state index in [0.29, 0.717) is 33.1 Å². The van der Waals surface area contributed by atoms with Crippen LogP contribution in [0, 0.1) is 0 Å². The van der Waals surface area contributed by atoms with E-state index in [4.69, 9.17) is 9.47 Å². The number of nitrogens with one attached hydrogen (secondary N) is 2. The normalized spacial score (nSPS) is 12.0. The lowest BCUT2D eigenvalue weighted by Crippen LogP contribution is -2.28. The van der Waals surface area contributed by atoms with Crippen LogP contribution in [-0.4, -0.2) is 28.2 Å². The number of ether oxygens (including phenoxy) is 2. The monoisotopic (exact) mass is 448 g/mol. The summed E-state index contributed by atoms with van der Waals surface area (Å²) in [5, 5.41) is 7.74. The number of carbonyl (C=O) groups is 2. The van der Waals surface area contributed by atoms with Gasteiger partial charge in [0.25, 0.3) is 11.5 Å². The Morgan fingerprint density at radius 2 is 1.91 bits per heavy atom. The van der Waals surface area contributed by atoms with Gasteiger partial charge in [0.15, 0.2) is 11.5 Å². The van der Waals surface area contributed by atoms with Gasteiger partial charge in [0.1, 0.15) is 11.4 Å². The quantitative estimate of drug-likeness (QED) is 0.485. The Labute approximate surface area is 185 Å². The molecule has 0 fully saturated rings. The van der Waals surface area contributed by atoms with Crippen LogP contribution in [-0.2, 0) is 11.3 Å². The van der Waals surface area contributed by atoms with Gasteiger partial charge in [0, 0.05) is 11.8 Å². The van der Waals surface area contributed by atoms with Gasteiger partial charge in [-0.2, -0.15) is 0 Å². The molecular weight excluding hydrogens is 432 g/mol. The average molecular weight is 448 g/mol. The second-order valence-electron chi connectivity index (χ2n) is 6.93. The van der Waals surface area contributed by atoms with E-state index >= 15 is 0 Å². The highest BCUT2D eigenvalue weighted by molar-refractivity contribution is 7.16. The Hall–Kier alpha value is -4.18. The van der Waals surface area contributed by atoms with Crippen LogP contribution >= 0.6 is 11.3 Å². The summed E-state index contributed by atoms with van der Waals surface area (Å²) < 4.78 is 11.8. The summed E-state index contributed by atoms with van der Waals surface area (Å²) in [7, 11) is 0. The number of fused-ring (bicyclic) bond motifs is 2. The van der Waals surface area contributed by atoms with Gasteiger partial charge >= 0.3 is 0 Å². The molecule has 32 heavy (non-hydrogen) atoms. The first-order valence-electron chi connectivity index (χ1n) is 9.61.